The van der Waals surface area contributed by atoms with Crippen molar-refractivity contribution >= 4 is 21.7 Å². The van der Waals surface area contributed by atoms with E-state index in [1.165, 1.54) is 44.9 Å². The lowest BCUT2D eigenvalue weighted by Gasteiger charge is -2.60. The maximum Gasteiger partial charge on any atom is 0.147 e. The molecule has 4 fully saturated rings. The molecular formula is C22H35BrO2. The fourth-order valence-corrected chi connectivity index (χ4v) is 8.29. The molecule has 0 heterocycles. The van der Waals surface area contributed by atoms with Gasteiger partial charge in [-0.05, 0) is 99.7 Å². The van der Waals surface area contributed by atoms with Crippen molar-refractivity contribution < 1.29 is 9.90 Å². The Kier molecular flexibility index (Phi) is 4.89. The highest BCUT2D eigenvalue weighted by atomic mass is 79.9. The van der Waals surface area contributed by atoms with Crippen LogP contribution in [0.15, 0.2) is 0 Å². The highest BCUT2D eigenvalue weighted by Crippen LogP contribution is 2.63. The summed E-state index contributed by atoms with van der Waals surface area (Å²) < 4.78 is 0. The molecule has 4 rings (SSSR count). The minimum atomic E-state index is -0.421. The Balaban J connectivity index is 1.56. The van der Waals surface area contributed by atoms with Crippen molar-refractivity contribution in [1.29, 1.82) is 0 Å². The van der Waals surface area contributed by atoms with Crippen molar-refractivity contribution in [2.45, 2.75) is 83.7 Å². The fraction of sp³-hybridized carbons (Fsp3) is 0.955. The number of hydrogen-bond donors (Lipinski definition) is 1. The third kappa shape index (κ3) is 3.06. The summed E-state index contributed by atoms with van der Waals surface area (Å²) in [6.07, 6.45) is 12.2. The summed E-state index contributed by atoms with van der Waals surface area (Å²) in [7, 11) is 0. The Morgan fingerprint density at radius 1 is 1.00 bits per heavy atom. The molecule has 25 heavy (non-hydrogen) atoms. The number of carbonyl (C=O) groups excluding carboxylic acids is 1. The molecule has 1 unspecified atom stereocenters. The molecule has 0 aromatic rings. The van der Waals surface area contributed by atoms with Gasteiger partial charge in [-0.3, -0.25) is 4.79 Å². The van der Waals surface area contributed by atoms with Gasteiger partial charge < -0.3 is 5.11 Å². The standard InChI is InChI=1S/C22H35BrO2/c1-21(25)10-8-15-14(12-21)6-7-17-16(15)9-11-22(2)18(17)4-3-5-19(22)20(24)13-23/h14-19,25H,3-13H2,1-2H3/t14-,15+,16?,17-,18+,19-,21-,22+/m1/s1. The van der Waals surface area contributed by atoms with Crippen LogP contribution in [-0.2, 0) is 4.79 Å². The Labute approximate surface area is 161 Å². The molecule has 0 bridgehead atoms. The normalized spacial score (nSPS) is 52.6. The van der Waals surface area contributed by atoms with Gasteiger partial charge in [0.05, 0.1) is 10.9 Å². The van der Waals surface area contributed by atoms with Crippen LogP contribution in [0.2, 0.25) is 0 Å². The number of hydrogen-bond acceptors (Lipinski definition) is 2. The Bertz CT molecular complexity index is 530. The van der Waals surface area contributed by atoms with Gasteiger partial charge >= 0.3 is 0 Å². The van der Waals surface area contributed by atoms with Gasteiger partial charge in [0.15, 0.2) is 0 Å². The summed E-state index contributed by atoms with van der Waals surface area (Å²) in [6.45, 7) is 4.50. The molecule has 1 N–H and O–H groups in total. The van der Waals surface area contributed by atoms with Crippen molar-refractivity contribution in [3.8, 4) is 0 Å². The van der Waals surface area contributed by atoms with Gasteiger partial charge in [0.1, 0.15) is 5.78 Å². The lowest BCUT2D eigenvalue weighted by atomic mass is 9.44. The molecule has 142 valence electrons. The van der Waals surface area contributed by atoms with Crippen molar-refractivity contribution in [2.75, 3.05) is 5.33 Å². The summed E-state index contributed by atoms with van der Waals surface area (Å²) in [5.41, 5.74) is -0.174. The van der Waals surface area contributed by atoms with Gasteiger partial charge in [0.2, 0.25) is 0 Å². The first-order chi connectivity index (χ1) is 11.9. The smallest absolute Gasteiger partial charge is 0.147 e. The van der Waals surface area contributed by atoms with E-state index in [0.717, 1.165) is 48.9 Å². The third-order valence-corrected chi connectivity index (χ3v) is 9.55. The first-order valence-electron chi connectivity index (χ1n) is 10.7. The minimum absolute atomic E-state index is 0.247. The molecule has 0 aromatic heterocycles. The Morgan fingerprint density at radius 2 is 1.76 bits per heavy atom. The quantitative estimate of drug-likeness (QED) is 0.621. The fourth-order valence-electron chi connectivity index (χ4n) is 7.90. The summed E-state index contributed by atoms with van der Waals surface area (Å²) >= 11 is 3.44. The first-order valence-corrected chi connectivity index (χ1v) is 11.8. The lowest BCUT2D eigenvalue weighted by molar-refractivity contribution is -0.146. The molecule has 2 nitrogen and oxygen atoms in total. The molecule has 8 atom stereocenters. The highest BCUT2D eigenvalue weighted by Gasteiger charge is 2.56. The number of Topliss-reactive ketones (excluding diaryl/α,β-unsaturated/α-hetero) is 1. The summed E-state index contributed by atoms with van der Waals surface area (Å²) in [4.78, 5) is 12.6. The van der Waals surface area contributed by atoms with Crippen molar-refractivity contribution in [2.24, 2.45) is 40.9 Å². The average Bonchev–Trinajstić information content (AvgIpc) is 2.58. The monoisotopic (exact) mass is 410 g/mol. The van der Waals surface area contributed by atoms with Crippen LogP contribution in [0.5, 0.6) is 0 Å². The van der Waals surface area contributed by atoms with E-state index in [1.54, 1.807) is 0 Å². The van der Waals surface area contributed by atoms with Crippen molar-refractivity contribution in [3.05, 3.63) is 0 Å². The van der Waals surface area contributed by atoms with Gasteiger partial charge in [0, 0.05) is 5.92 Å². The van der Waals surface area contributed by atoms with E-state index < -0.39 is 5.60 Å². The number of alkyl halides is 1. The highest BCUT2D eigenvalue weighted by molar-refractivity contribution is 9.09. The van der Waals surface area contributed by atoms with E-state index in [1.807, 2.05) is 6.92 Å². The zero-order valence-electron chi connectivity index (χ0n) is 16.0. The second-order valence-electron chi connectivity index (χ2n) is 10.3. The van der Waals surface area contributed by atoms with Gasteiger partial charge in [0.25, 0.3) is 0 Å². The Morgan fingerprint density at radius 3 is 2.52 bits per heavy atom. The van der Waals surface area contributed by atoms with E-state index in [4.69, 9.17) is 0 Å². The first kappa shape index (κ1) is 18.5. The van der Waals surface area contributed by atoms with Crippen molar-refractivity contribution in [3.63, 3.8) is 0 Å². The van der Waals surface area contributed by atoms with Crippen LogP contribution in [-0.4, -0.2) is 21.8 Å². The topological polar surface area (TPSA) is 37.3 Å². The van der Waals surface area contributed by atoms with E-state index in [-0.39, 0.29) is 11.3 Å². The zero-order chi connectivity index (χ0) is 17.8. The molecule has 0 amide bonds. The van der Waals surface area contributed by atoms with Crippen LogP contribution in [0, 0.1) is 40.9 Å². The summed E-state index contributed by atoms with van der Waals surface area (Å²) in [5, 5.41) is 11.1. The van der Waals surface area contributed by atoms with Crippen LogP contribution in [0.3, 0.4) is 0 Å². The largest absolute Gasteiger partial charge is 0.390 e. The predicted octanol–water partition coefficient (Wildman–Crippen LogP) is 5.36. The van der Waals surface area contributed by atoms with Crippen molar-refractivity contribution in [1.82, 2.24) is 0 Å². The second kappa shape index (κ2) is 6.62. The van der Waals surface area contributed by atoms with Crippen LogP contribution < -0.4 is 0 Å². The Hall–Kier alpha value is 0.110. The number of halogens is 1. The SMILES string of the molecule is C[C@@]1(O)CC[C@@H]2C3CC[C@]4(C)[C@@H](C(=O)CBr)CCC[C@H]4[C@@H]3CC[C@@H]2C1. The predicted molar refractivity (Wildman–Crippen MR) is 105 cm³/mol. The average molecular weight is 411 g/mol. The molecule has 0 aromatic carbocycles. The van der Waals surface area contributed by atoms with E-state index in [9.17, 15) is 9.90 Å². The number of ketones is 1. The van der Waals surface area contributed by atoms with Gasteiger partial charge in [-0.1, -0.05) is 29.3 Å². The molecule has 3 heteroatoms. The number of fused-ring (bicyclic) bond motifs is 5. The molecule has 4 aliphatic rings. The van der Waals surface area contributed by atoms with Crippen LogP contribution >= 0.6 is 15.9 Å². The van der Waals surface area contributed by atoms with Gasteiger partial charge in [-0.2, -0.15) is 0 Å². The maximum absolute atomic E-state index is 12.6. The molecule has 0 saturated heterocycles. The van der Waals surface area contributed by atoms with Crippen LogP contribution in [0.25, 0.3) is 0 Å². The molecule has 4 aliphatic carbocycles. The molecule has 0 radical (unpaired) electrons. The number of carbonyl (C=O) groups is 1. The summed E-state index contributed by atoms with van der Waals surface area (Å²) in [6, 6.07) is 0. The van der Waals surface area contributed by atoms with Crippen LogP contribution in [0.4, 0.5) is 0 Å². The minimum Gasteiger partial charge on any atom is -0.390 e. The lowest BCUT2D eigenvalue weighted by Crippen LogP contribution is -2.55. The van der Waals surface area contributed by atoms with E-state index in [0.29, 0.717) is 11.1 Å². The third-order valence-electron chi connectivity index (χ3n) is 9.00. The number of rotatable bonds is 2. The van der Waals surface area contributed by atoms with Gasteiger partial charge in [-0.25, -0.2) is 0 Å². The number of aliphatic hydroxyl groups is 1. The molecule has 0 aliphatic heterocycles. The second-order valence-corrected chi connectivity index (χ2v) is 10.9. The van der Waals surface area contributed by atoms with Gasteiger partial charge in [-0.15, -0.1) is 0 Å². The molecular weight excluding hydrogens is 376 g/mol. The summed E-state index contributed by atoms with van der Waals surface area (Å²) in [5.74, 6) is 4.80. The molecule has 0 spiro atoms. The molecule has 4 saturated carbocycles. The van der Waals surface area contributed by atoms with Crippen LogP contribution in [0.1, 0.15) is 78.1 Å². The zero-order valence-corrected chi connectivity index (χ0v) is 17.6. The van der Waals surface area contributed by atoms with E-state index in [2.05, 4.69) is 22.9 Å². The van der Waals surface area contributed by atoms with E-state index >= 15 is 0 Å². The maximum atomic E-state index is 12.6.